The number of anilines is 2. The lowest BCUT2D eigenvalue weighted by atomic mass is 10.1. The zero-order valence-corrected chi connectivity index (χ0v) is 22.8. The van der Waals surface area contributed by atoms with Crippen LogP contribution >= 0.6 is 0 Å². The summed E-state index contributed by atoms with van der Waals surface area (Å²) in [5, 5.41) is 2.96. The van der Waals surface area contributed by atoms with Crippen molar-refractivity contribution in [1.29, 1.82) is 0 Å². The van der Waals surface area contributed by atoms with Gasteiger partial charge < -0.3 is 19.7 Å². The molecule has 1 saturated heterocycles. The van der Waals surface area contributed by atoms with Crippen molar-refractivity contribution in [1.82, 2.24) is 29.3 Å². The van der Waals surface area contributed by atoms with E-state index >= 15 is 0 Å². The molecule has 1 aliphatic heterocycles. The van der Waals surface area contributed by atoms with Gasteiger partial charge in [-0.1, -0.05) is 13.0 Å². The maximum atomic E-state index is 15.0. The highest BCUT2D eigenvalue weighted by Crippen LogP contribution is 2.30. The number of aromatic nitrogens is 4. The molecule has 0 saturated carbocycles. The van der Waals surface area contributed by atoms with Crippen molar-refractivity contribution in [2.24, 2.45) is 0 Å². The number of benzene rings is 2. The predicted molar refractivity (Wildman–Crippen MR) is 148 cm³/mol. The largest absolute Gasteiger partial charge is 0.326 e. The summed E-state index contributed by atoms with van der Waals surface area (Å²) in [4.78, 5) is 17.4. The molecule has 0 atom stereocenters. The van der Waals surface area contributed by atoms with Crippen molar-refractivity contribution < 1.29 is 13.2 Å². The van der Waals surface area contributed by atoms with E-state index in [1.54, 1.807) is 18.2 Å². The van der Waals surface area contributed by atoms with Gasteiger partial charge in [-0.25, -0.2) is 28.1 Å². The number of likely N-dealkylation sites (N-methyl/N-ethyl adjacent to an activating group) is 1. The summed E-state index contributed by atoms with van der Waals surface area (Å²) in [5.41, 5.74) is 2.10. The Kier molecular flexibility index (Phi) is 7.86. The van der Waals surface area contributed by atoms with E-state index in [-0.39, 0.29) is 34.6 Å². The number of nitrogens with one attached hydrogen (secondary N) is 1. The van der Waals surface area contributed by atoms with Crippen LogP contribution < -0.4 is 5.32 Å². The summed E-state index contributed by atoms with van der Waals surface area (Å²) in [5.74, 6) is -0.803. The van der Waals surface area contributed by atoms with Crippen LogP contribution in [-0.4, -0.2) is 68.6 Å². The number of rotatable bonds is 8. The maximum absolute atomic E-state index is 15.0. The summed E-state index contributed by atoms with van der Waals surface area (Å²) in [7, 11) is 0. The third-order valence-electron chi connectivity index (χ3n) is 7.38. The molecular formula is C29H34F3N7. The number of fused-ring (bicyclic) bond motifs is 1. The van der Waals surface area contributed by atoms with Gasteiger partial charge in [0.25, 0.3) is 0 Å². The van der Waals surface area contributed by atoms with E-state index in [0.717, 1.165) is 45.5 Å². The van der Waals surface area contributed by atoms with Gasteiger partial charge in [0.05, 0.1) is 11.7 Å². The van der Waals surface area contributed by atoms with E-state index < -0.39 is 11.6 Å². The number of nitrogens with zero attached hydrogens (tertiary/aromatic N) is 6. The molecule has 1 fully saturated rings. The van der Waals surface area contributed by atoms with Crippen LogP contribution in [0.4, 0.5) is 24.8 Å². The lowest BCUT2D eigenvalue weighted by molar-refractivity contribution is 0.138. The second-order valence-electron chi connectivity index (χ2n) is 10.3. The minimum Gasteiger partial charge on any atom is -0.326 e. The Morgan fingerprint density at radius 3 is 2.36 bits per heavy atom. The van der Waals surface area contributed by atoms with E-state index in [2.05, 4.69) is 37.0 Å². The first-order valence-corrected chi connectivity index (χ1v) is 13.4. The first-order chi connectivity index (χ1) is 18.7. The molecule has 10 heteroatoms. The molecule has 0 bridgehead atoms. The van der Waals surface area contributed by atoms with Gasteiger partial charge in [0.15, 0.2) is 11.6 Å². The van der Waals surface area contributed by atoms with Crippen LogP contribution in [0.2, 0.25) is 0 Å². The third-order valence-corrected chi connectivity index (χ3v) is 7.38. The highest BCUT2D eigenvalue weighted by Gasteiger charge is 2.19. The zero-order valence-electron chi connectivity index (χ0n) is 22.8. The number of imidazole rings is 1. The molecule has 4 aromatic rings. The zero-order chi connectivity index (χ0) is 27.7. The summed E-state index contributed by atoms with van der Waals surface area (Å²) in [6.07, 6.45) is 1.65. The van der Waals surface area contributed by atoms with E-state index in [9.17, 15) is 13.2 Å². The predicted octanol–water partition coefficient (Wildman–Crippen LogP) is 5.72. The lowest BCUT2D eigenvalue weighted by Crippen LogP contribution is -2.46. The topological polar surface area (TPSA) is 62.1 Å². The lowest BCUT2D eigenvalue weighted by Gasteiger charge is -2.34. The molecule has 0 aliphatic carbocycles. The summed E-state index contributed by atoms with van der Waals surface area (Å²) >= 11 is 0. The van der Waals surface area contributed by atoms with Gasteiger partial charge in [0.1, 0.15) is 22.9 Å². The van der Waals surface area contributed by atoms with Gasteiger partial charge in [0, 0.05) is 50.0 Å². The van der Waals surface area contributed by atoms with E-state index in [0.29, 0.717) is 29.0 Å². The monoisotopic (exact) mass is 537 g/mol. The fourth-order valence-corrected chi connectivity index (χ4v) is 5.25. The van der Waals surface area contributed by atoms with E-state index in [1.807, 2.05) is 25.3 Å². The van der Waals surface area contributed by atoms with Gasteiger partial charge in [0.2, 0.25) is 5.95 Å². The minimum absolute atomic E-state index is 0.0428. The molecule has 7 nitrogen and oxygen atoms in total. The number of hydrogen-bond donors (Lipinski definition) is 1. The molecule has 0 radical (unpaired) electrons. The summed E-state index contributed by atoms with van der Waals surface area (Å²) < 4.78 is 46.6. The smallest absolute Gasteiger partial charge is 0.227 e. The van der Waals surface area contributed by atoms with Crippen molar-refractivity contribution in [3.05, 3.63) is 65.4 Å². The van der Waals surface area contributed by atoms with Crippen LogP contribution in [0.1, 0.15) is 38.2 Å². The van der Waals surface area contributed by atoms with E-state index in [4.69, 9.17) is 0 Å². The first kappa shape index (κ1) is 27.1. The van der Waals surface area contributed by atoms with Crippen molar-refractivity contribution in [3.63, 3.8) is 0 Å². The Morgan fingerprint density at radius 1 is 0.923 bits per heavy atom. The van der Waals surface area contributed by atoms with Gasteiger partial charge in [-0.05, 0) is 63.6 Å². The molecule has 206 valence electrons. The molecular weight excluding hydrogens is 503 g/mol. The van der Waals surface area contributed by atoms with Gasteiger partial charge in [-0.2, -0.15) is 0 Å². The Morgan fingerprint density at radius 2 is 1.67 bits per heavy atom. The normalized spacial score (nSPS) is 15.0. The fraction of sp³-hybridized carbons (Fsp3) is 0.414. The van der Waals surface area contributed by atoms with E-state index in [1.165, 1.54) is 12.1 Å². The van der Waals surface area contributed by atoms with Crippen LogP contribution in [0.15, 0.2) is 36.5 Å². The average Bonchev–Trinajstić information content (AvgIpc) is 3.26. The molecule has 39 heavy (non-hydrogen) atoms. The Balaban J connectivity index is 1.33. The Hall–Kier alpha value is -3.50. The Labute approximate surface area is 226 Å². The quantitative estimate of drug-likeness (QED) is 0.310. The fourth-order valence-electron chi connectivity index (χ4n) is 5.25. The first-order valence-electron chi connectivity index (χ1n) is 13.4. The van der Waals surface area contributed by atoms with Crippen LogP contribution in [0.5, 0.6) is 0 Å². The number of hydrogen-bond acceptors (Lipinski definition) is 6. The van der Waals surface area contributed by atoms with Crippen molar-refractivity contribution in [2.75, 3.05) is 44.6 Å². The highest BCUT2D eigenvalue weighted by atomic mass is 19.1. The van der Waals surface area contributed by atoms with Crippen molar-refractivity contribution >= 4 is 22.7 Å². The SMILES string of the molecule is CCN1CCN(CCc2ccc(Nc3ncc(F)c(-c4cc(F)c5nc(C)n(C(C)C)c5c4)n3)cc2F)CC1. The standard InChI is InChI=1S/C29H34F3N7/c1-5-37-10-12-38(13-11-37)9-8-20-6-7-22(16-23(20)30)35-29-33-17-25(32)27(36-29)21-14-24(31)28-26(15-21)39(18(2)3)19(4)34-28/h6-7,14-18H,5,8-13H2,1-4H3,(H,33,35,36). The van der Waals surface area contributed by atoms with Crippen molar-refractivity contribution in [2.45, 2.75) is 40.2 Å². The number of halogens is 3. The molecule has 2 aromatic heterocycles. The molecule has 1 aliphatic rings. The van der Waals surface area contributed by atoms with Gasteiger partial charge in [-0.3, -0.25) is 0 Å². The van der Waals surface area contributed by atoms with Crippen LogP contribution in [-0.2, 0) is 6.42 Å². The summed E-state index contributed by atoms with van der Waals surface area (Å²) in [6, 6.07) is 7.86. The summed E-state index contributed by atoms with van der Waals surface area (Å²) in [6.45, 7) is 13.9. The number of aryl methyl sites for hydroxylation is 1. The second kappa shape index (κ2) is 11.3. The Bertz CT molecular complexity index is 1480. The molecule has 2 aromatic carbocycles. The highest BCUT2D eigenvalue weighted by molar-refractivity contribution is 5.83. The molecule has 3 heterocycles. The van der Waals surface area contributed by atoms with Crippen LogP contribution in [0.3, 0.4) is 0 Å². The molecule has 0 amide bonds. The van der Waals surface area contributed by atoms with Gasteiger partial charge in [-0.15, -0.1) is 0 Å². The molecule has 1 N–H and O–H groups in total. The molecule has 0 unspecified atom stereocenters. The number of piperazine rings is 1. The van der Waals surface area contributed by atoms with Crippen LogP contribution in [0, 0.1) is 24.4 Å². The van der Waals surface area contributed by atoms with Crippen molar-refractivity contribution in [3.8, 4) is 11.3 Å². The minimum atomic E-state index is -0.687. The molecule has 0 spiro atoms. The maximum Gasteiger partial charge on any atom is 0.227 e. The molecule has 5 rings (SSSR count). The van der Waals surface area contributed by atoms with Gasteiger partial charge >= 0.3 is 0 Å². The average molecular weight is 538 g/mol. The third kappa shape index (κ3) is 5.77. The van der Waals surface area contributed by atoms with Crippen LogP contribution in [0.25, 0.3) is 22.3 Å². The second-order valence-corrected chi connectivity index (χ2v) is 10.3.